The minimum atomic E-state index is 0.265. The molecule has 2 rings (SSSR count). The molecule has 1 aliphatic rings. The van der Waals surface area contributed by atoms with E-state index in [0.29, 0.717) is 12.3 Å². The largest absolute Gasteiger partial charge is 0.294 e. The molecule has 0 aliphatic heterocycles. The summed E-state index contributed by atoms with van der Waals surface area (Å²) in [6.07, 6.45) is 4.51. The second-order valence-electron chi connectivity index (χ2n) is 3.60. The van der Waals surface area contributed by atoms with Crippen LogP contribution in [0.15, 0.2) is 18.3 Å². The van der Waals surface area contributed by atoms with Gasteiger partial charge in [0.05, 0.1) is 5.69 Å². The van der Waals surface area contributed by atoms with Gasteiger partial charge in [-0.15, -0.1) is 0 Å². The number of carbonyl (C=O) groups is 1. The molecule has 0 fully saturated rings. The molecular formula is C11H13NO. The number of carbonyl (C=O) groups excluding carboxylic acids is 1. The number of hydrogen-bond donors (Lipinski definition) is 0. The number of fused-ring (bicyclic) bond motifs is 1. The third-order valence-corrected chi connectivity index (χ3v) is 2.72. The molecule has 0 saturated heterocycles. The lowest BCUT2D eigenvalue weighted by Crippen LogP contribution is -2.20. The Morgan fingerprint density at radius 3 is 3.15 bits per heavy atom. The van der Waals surface area contributed by atoms with Crippen molar-refractivity contribution >= 4 is 5.78 Å². The topological polar surface area (TPSA) is 30.0 Å². The van der Waals surface area contributed by atoms with Crippen LogP contribution in [0.25, 0.3) is 0 Å². The summed E-state index contributed by atoms with van der Waals surface area (Å²) in [7, 11) is 0. The average molecular weight is 175 g/mol. The summed E-state index contributed by atoms with van der Waals surface area (Å²) >= 11 is 0. The maximum absolute atomic E-state index is 11.6. The van der Waals surface area contributed by atoms with Gasteiger partial charge < -0.3 is 0 Å². The highest BCUT2D eigenvalue weighted by Crippen LogP contribution is 2.25. The fourth-order valence-electron chi connectivity index (χ4n) is 1.86. The van der Waals surface area contributed by atoms with Crippen molar-refractivity contribution in [3.05, 3.63) is 29.6 Å². The number of hydrogen-bond acceptors (Lipinski definition) is 2. The normalized spacial score (nSPS) is 21.3. The molecule has 13 heavy (non-hydrogen) atoms. The summed E-state index contributed by atoms with van der Waals surface area (Å²) in [5, 5.41) is 0. The highest BCUT2D eigenvalue weighted by atomic mass is 16.1. The third kappa shape index (κ3) is 1.48. The monoisotopic (exact) mass is 175 g/mol. The van der Waals surface area contributed by atoms with Gasteiger partial charge in [-0.3, -0.25) is 9.78 Å². The zero-order valence-electron chi connectivity index (χ0n) is 7.79. The minimum Gasteiger partial charge on any atom is -0.294 e. The van der Waals surface area contributed by atoms with E-state index in [1.807, 2.05) is 12.1 Å². The first-order valence-corrected chi connectivity index (χ1v) is 4.78. The molecule has 2 nitrogen and oxygen atoms in total. The molecule has 1 aromatic heterocycles. The maximum Gasteiger partial charge on any atom is 0.164 e. The fraction of sp³-hybridized carbons (Fsp3) is 0.455. The number of Topliss-reactive ketones (excluding diaryl/α,β-unsaturated/α-hetero) is 1. The van der Waals surface area contributed by atoms with Gasteiger partial charge in [0.2, 0.25) is 0 Å². The van der Waals surface area contributed by atoms with Crippen LogP contribution < -0.4 is 0 Å². The van der Waals surface area contributed by atoms with Gasteiger partial charge in [-0.2, -0.15) is 0 Å². The van der Waals surface area contributed by atoms with Gasteiger partial charge in [-0.05, 0) is 24.5 Å². The van der Waals surface area contributed by atoms with E-state index >= 15 is 0 Å². The Kier molecular flexibility index (Phi) is 2.13. The van der Waals surface area contributed by atoms with Gasteiger partial charge in [-0.1, -0.05) is 13.3 Å². The lowest BCUT2D eigenvalue weighted by Gasteiger charge is -2.20. The molecule has 2 heteroatoms. The Morgan fingerprint density at radius 2 is 2.38 bits per heavy atom. The van der Waals surface area contributed by atoms with Crippen molar-refractivity contribution in [2.45, 2.75) is 26.2 Å². The predicted molar refractivity (Wildman–Crippen MR) is 50.7 cm³/mol. The molecule has 0 N–H and O–H groups in total. The summed E-state index contributed by atoms with van der Waals surface area (Å²) in [6.45, 7) is 2.13. The van der Waals surface area contributed by atoms with Crippen molar-refractivity contribution in [1.29, 1.82) is 0 Å². The summed E-state index contributed by atoms with van der Waals surface area (Å²) in [5.74, 6) is 0.774. The SMILES string of the molecule is CCC1CC(=O)c2cccnc2C1. The zero-order chi connectivity index (χ0) is 9.26. The lowest BCUT2D eigenvalue weighted by atomic mass is 9.84. The van der Waals surface area contributed by atoms with Crippen molar-refractivity contribution in [1.82, 2.24) is 4.98 Å². The molecule has 0 bridgehead atoms. The molecule has 0 aromatic carbocycles. The summed E-state index contributed by atoms with van der Waals surface area (Å²) in [6, 6.07) is 3.72. The smallest absolute Gasteiger partial charge is 0.164 e. The summed E-state index contributed by atoms with van der Waals surface area (Å²) in [4.78, 5) is 15.9. The number of ketones is 1. The number of rotatable bonds is 1. The van der Waals surface area contributed by atoms with Crippen LogP contribution in [0.5, 0.6) is 0 Å². The highest BCUT2D eigenvalue weighted by molar-refractivity contribution is 5.98. The first-order chi connectivity index (χ1) is 6.31. The van der Waals surface area contributed by atoms with Gasteiger partial charge in [0, 0.05) is 18.2 Å². The second-order valence-corrected chi connectivity index (χ2v) is 3.60. The van der Waals surface area contributed by atoms with Gasteiger partial charge in [0.25, 0.3) is 0 Å². The molecule has 1 atom stereocenters. The Bertz CT molecular complexity index is 333. The molecule has 1 heterocycles. The molecule has 0 saturated carbocycles. The van der Waals surface area contributed by atoms with E-state index in [1.54, 1.807) is 6.20 Å². The first-order valence-electron chi connectivity index (χ1n) is 4.78. The van der Waals surface area contributed by atoms with E-state index in [1.165, 1.54) is 0 Å². The molecular weight excluding hydrogens is 162 g/mol. The van der Waals surface area contributed by atoms with E-state index in [0.717, 1.165) is 24.1 Å². The van der Waals surface area contributed by atoms with Crippen LogP contribution in [-0.4, -0.2) is 10.8 Å². The molecule has 0 radical (unpaired) electrons. The second kappa shape index (κ2) is 3.29. The Hall–Kier alpha value is -1.18. The van der Waals surface area contributed by atoms with E-state index in [9.17, 15) is 4.79 Å². The maximum atomic E-state index is 11.6. The number of pyridine rings is 1. The third-order valence-electron chi connectivity index (χ3n) is 2.72. The van der Waals surface area contributed by atoms with Crippen LogP contribution in [0.1, 0.15) is 35.8 Å². The summed E-state index contributed by atoms with van der Waals surface area (Å²) < 4.78 is 0. The van der Waals surface area contributed by atoms with Crippen LogP contribution >= 0.6 is 0 Å². The fourth-order valence-corrected chi connectivity index (χ4v) is 1.86. The van der Waals surface area contributed by atoms with Crippen molar-refractivity contribution in [3.8, 4) is 0 Å². The molecule has 1 aromatic rings. The molecule has 68 valence electrons. The van der Waals surface area contributed by atoms with Gasteiger partial charge in [0.15, 0.2) is 5.78 Å². The van der Waals surface area contributed by atoms with Crippen LogP contribution in [0.2, 0.25) is 0 Å². The van der Waals surface area contributed by atoms with Gasteiger partial charge in [0.1, 0.15) is 0 Å². The molecule has 0 amide bonds. The first kappa shape index (κ1) is 8.42. The quantitative estimate of drug-likeness (QED) is 0.655. The van der Waals surface area contributed by atoms with Crippen LogP contribution in [-0.2, 0) is 6.42 Å². The average Bonchev–Trinajstić information content (AvgIpc) is 2.18. The van der Waals surface area contributed by atoms with E-state index < -0.39 is 0 Å². The molecule has 1 unspecified atom stereocenters. The standard InChI is InChI=1S/C11H13NO/c1-2-8-6-10-9(11(13)7-8)4-3-5-12-10/h3-5,8H,2,6-7H2,1H3. The van der Waals surface area contributed by atoms with Crippen LogP contribution in [0, 0.1) is 5.92 Å². The lowest BCUT2D eigenvalue weighted by molar-refractivity contribution is 0.0946. The van der Waals surface area contributed by atoms with Crippen LogP contribution in [0.3, 0.4) is 0 Å². The van der Waals surface area contributed by atoms with Gasteiger partial charge >= 0.3 is 0 Å². The molecule has 0 spiro atoms. The van der Waals surface area contributed by atoms with E-state index in [2.05, 4.69) is 11.9 Å². The number of nitrogens with zero attached hydrogens (tertiary/aromatic N) is 1. The predicted octanol–water partition coefficient (Wildman–Crippen LogP) is 2.24. The molecule has 1 aliphatic carbocycles. The van der Waals surface area contributed by atoms with E-state index in [-0.39, 0.29) is 5.78 Å². The highest BCUT2D eigenvalue weighted by Gasteiger charge is 2.24. The number of aromatic nitrogens is 1. The van der Waals surface area contributed by atoms with Crippen LogP contribution in [0.4, 0.5) is 0 Å². The Morgan fingerprint density at radius 1 is 1.54 bits per heavy atom. The van der Waals surface area contributed by atoms with Crippen molar-refractivity contribution < 1.29 is 4.79 Å². The van der Waals surface area contributed by atoms with Gasteiger partial charge in [-0.25, -0.2) is 0 Å². The Balaban J connectivity index is 2.37. The summed E-state index contributed by atoms with van der Waals surface area (Å²) in [5.41, 5.74) is 1.83. The van der Waals surface area contributed by atoms with E-state index in [4.69, 9.17) is 0 Å². The Labute approximate surface area is 78.0 Å². The van der Waals surface area contributed by atoms with Crippen molar-refractivity contribution in [2.24, 2.45) is 5.92 Å². The zero-order valence-corrected chi connectivity index (χ0v) is 7.79. The van der Waals surface area contributed by atoms with Crippen molar-refractivity contribution in [2.75, 3.05) is 0 Å². The van der Waals surface area contributed by atoms with Crippen molar-refractivity contribution in [3.63, 3.8) is 0 Å². The minimum absolute atomic E-state index is 0.265.